The van der Waals surface area contributed by atoms with Gasteiger partial charge in [0.05, 0.1) is 11.8 Å². The summed E-state index contributed by atoms with van der Waals surface area (Å²) in [6, 6.07) is 11.9. The van der Waals surface area contributed by atoms with Crippen LogP contribution in [0.25, 0.3) is 22.7 Å². The number of thioether (sulfide) groups is 1. The lowest BCUT2D eigenvalue weighted by molar-refractivity contribution is -0.664. The van der Waals surface area contributed by atoms with E-state index in [-0.39, 0.29) is 29.0 Å². The van der Waals surface area contributed by atoms with Crippen LogP contribution in [0.15, 0.2) is 69.5 Å². The molecule has 6 rings (SSSR count). The number of benzene rings is 1. The zero-order chi connectivity index (χ0) is 28.0. The van der Waals surface area contributed by atoms with E-state index in [4.69, 9.17) is 10.2 Å². The molecule has 2 aliphatic rings. The highest BCUT2D eigenvalue weighted by atomic mass is 32.2. The number of nitrogens with one attached hydrogen (secondary N) is 1. The number of hydrogen-bond acceptors (Lipinski definition) is 12. The van der Waals surface area contributed by atoms with Crippen molar-refractivity contribution in [3.63, 3.8) is 0 Å². The maximum Gasteiger partial charge on any atom is 0.370 e. The standard InChI is InChI=1S/C24H18N8O6S2/c25-24-27-17(30-40-24)14(29-37)19(33)26-15-21(34)32-16(23(35)36)12(10-39-22(15)32)9-31-8-4-7-13-18(31)28-20(38-13)11-5-2-1-3-6-11/h1-8,15,22H,9-10H2,(H4-,25,26,27,30,33,35,36,37)/p+1/t15?,22-/m0/s1. The van der Waals surface area contributed by atoms with Crippen LogP contribution in [0.3, 0.4) is 0 Å². The number of β-lactam (4-membered cyclic amide) rings is 1. The fourth-order valence-electron chi connectivity index (χ4n) is 4.52. The summed E-state index contributed by atoms with van der Waals surface area (Å²) in [6.45, 7) is 0.151. The van der Waals surface area contributed by atoms with Gasteiger partial charge in [0.1, 0.15) is 23.7 Å². The predicted molar refractivity (Wildman–Crippen MR) is 142 cm³/mol. The van der Waals surface area contributed by atoms with Crippen LogP contribution >= 0.6 is 23.3 Å². The Morgan fingerprint density at radius 2 is 2.02 bits per heavy atom. The summed E-state index contributed by atoms with van der Waals surface area (Å²) in [5, 5.41) is 24.2. The molecule has 2 aliphatic heterocycles. The second-order valence-electron chi connectivity index (χ2n) is 8.73. The van der Waals surface area contributed by atoms with E-state index < -0.39 is 34.9 Å². The highest BCUT2D eigenvalue weighted by molar-refractivity contribution is 8.00. The van der Waals surface area contributed by atoms with E-state index in [1.807, 2.05) is 30.3 Å². The summed E-state index contributed by atoms with van der Waals surface area (Å²) in [7, 11) is 0. The SMILES string of the molecule is Nc1nc(C(=NO)C(=O)NC2C(=O)N3C(C(=O)O)=C(C[n+]4cccc5oc(-c6ccccc6)nc54)CS[C@@H]23)ns1. The predicted octanol–water partition coefficient (Wildman–Crippen LogP) is 0.833. The highest BCUT2D eigenvalue weighted by Crippen LogP contribution is 2.40. The Bertz CT molecular complexity index is 1730. The number of nitrogen functional groups attached to an aromatic ring is 1. The molecule has 1 fully saturated rings. The number of oxazole rings is 1. The van der Waals surface area contributed by atoms with Crippen molar-refractivity contribution in [2.24, 2.45) is 5.16 Å². The fourth-order valence-corrected chi connectivity index (χ4v) is 6.29. The lowest BCUT2D eigenvalue weighted by Gasteiger charge is -2.49. The fraction of sp³-hybridized carbons (Fsp3) is 0.167. The number of carboxylic acids is 1. The zero-order valence-corrected chi connectivity index (χ0v) is 21.9. The van der Waals surface area contributed by atoms with Gasteiger partial charge in [-0.2, -0.15) is 9.36 Å². The first-order chi connectivity index (χ1) is 19.4. The Morgan fingerprint density at radius 3 is 2.73 bits per heavy atom. The molecule has 0 radical (unpaired) electrons. The summed E-state index contributed by atoms with van der Waals surface area (Å²) in [5.41, 5.74) is 7.21. The summed E-state index contributed by atoms with van der Waals surface area (Å²) in [4.78, 5) is 47.7. The van der Waals surface area contributed by atoms with Gasteiger partial charge >= 0.3 is 17.5 Å². The molecule has 2 atom stereocenters. The van der Waals surface area contributed by atoms with Gasteiger partial charge < -0.3 is 25.8 Å². The van der Waals surface area contributed by atoms with Crippen LogP contribution in [0.1, 0.15) is 5.82 Å². The molecule has 16 heteroatoms. The van der Waals surface area contributed by atoms with Crippen molar-refractivity contribution in [2.75, 3.05) is 11.5 Å². The average Bonchev–Trinajstić information content (AvgIpc) is 3.59. The van der Waals surface area contributed by atoms with Crippen LogP contribution in [0.5, 0.6) is 0 Å². The third-order valence-electron chi connectivity index (χ3n) is 6.31. The second kappa shape index (κ2) is 10.0. The molecule has 1 unspecified atom stereocenters. The molecule has 3 aromatic heterocycles. The number of carboxylic acid groups (broad SMARTS) is 1. The quantitative estimate of drug-likeness (QED) is 0.0794. The maximum atomic E-state index is 13.1. The van der Waals surface area contributed by atoms with Gasteiger partial charge in [-0.1, -0.05) is 23.4 Å². The van der Waals surface area contributed by atoms with Crippen LogP contribution < -0.4 is 15.6 Å². The minimum absolute atomic E-state index is 0.0666. The summed E-state index contributed by atoms with van der Waals surface area (Å²) in [5.74, 6) is -2.26. The highest BCUT2D eigenvalue weighted by Gasteiger charge is 2.54. The number of pyridine rings is 1. The minimum atomic E-state index is -1.27. The molecular weight excluding hydrogens is 560 g/mol. The smallest absolute Gasteiger partial charge is 0.370 e. The van der Waals surface area contributed by atoms with Gasteiger partial charge in [-0.25, -0.2) is 9.36 Å². The molecule has 2 amide bonds. The van der Waals surface area contributed by atoms with Gasteiger partial charge in [-0.3, -0.25) is 14.5 Å². The maximum absolute atomic E-state index is 13.1. The molecule has 40 heavy (non-hydrogen) atoms. The molecule has 4 aromatic rings. The summed E-state index contributed by atoms with van der Waals surface area (Å²) < 4.78 is 11.5. The second-order valence-corrected chi connectivity index (χ2v) is 10.6. The number of carbonyl (C=O) groups is 3. The van der Waals surface area contributed by atoms with E-state index in [2.05, 4.69) is 24.8 Å². The lowest BCUT2D eigenvalue weighted by Crippen LogP contribution is -2.71. The lowest BCUT2D eigenvalue weighted by atomic mass is 10.0. The van der Waals surface area contributed by atoms with Crippen molar-refractivity contribution in [3.05, 3.63) is 65.8 Å². The van der Waals surface area contributed by atoms with E-state index in [0.29, 0.717) is 22.7 Å². The van der Waals surface area contributed by atoms with Crippen molar-refractivity contribution in [1.29, 1.82) is 0 Å². The molecule has 1 aromatic carbocycles. The molecule has 5 heterocycles. The molecule has 0 aliphatic carbocycles. The number of rotatable bonds is 7. The Balaban J connectivity index is 1.25. The molecule has 5 N–H and O–H groups in total. The number of aliphatic carboxylic acids is 1. The van der Waals surface area contributed by atoms with Crippen molar-refractivity contribution < 1.29 is 33.7 Å². The Morgan fingerprint density at radius 1 is 1.23 bits per heavy atom. The third-order valence-corrected chi connectivity index (χ3v) is 8.19. The van der Waals surface area contributed by atoms with Crippen molar-refractivity contribution >= 4 is 63.2 Å². The number of carbonyl (C=O) groups excluding carboxylic acids is 2. The molecular formula is C24H19N8O6S2+. The van der Waals surface area contributed by atoms with E-state index >= 15 is 0 Å². The monoisotopic (exact) mass is 579 g/mol. The average molecular weight is 580 g/mol. The topological polar surface area (TPSA) is 201 Å². The third kappa shape index (κ3) is 4.32. The van der Waals surface area contributed by atoms with Crippen molar-refractivity contribution in [3.8, 4) is 11.5 Å². The van der Waals surface area contributed by atoms with Gasteiger partial charge in [0.2, 0.25) is 17.1 Å². The number of anilines is 1. The van der Waals surface area contributed by atoms with Gasteiger partial charge in [0, 0.05) is 27.8 Å². The Hall–Kier alpha value is -4.83. The molecule has 0 saturated carbocycles. The first kappa shape index (κ1) is 25.4. The summed E-state index contributed by atoms with van der Waals surface area (Å²) >= 11 is 2.11. The van der Waals surface area contributed by atoms with E-state index in [0.717, 1.165) is 22.0 Å². The minimum Gasteiger partial charge on any atom is -0.477 e. The number of hydrogen-bond donors (Lipinski definition) is 4. The first-order valence-corrected chi connectivity index (χ1v) is 13.5. The van der Waals surface area contributed by atoms with E-state index in [1.54, 1.807) is 22.9 Å². The number of aromatic nitrogens is 4. The zero-order valence-electron chi connectivity index (χ0n) is 20.3. The van der Waals surface area contributed by atoms with Crippen LogP contribution in [0, 0.1) is 0 Å². The number of fused-ring (bicyclic) bond motifs is 2. The molecule has 1 saturated heterocycles. The van der Waals surface area contributed by atoms with E-state index in [9.17, 15) is 24.7 Å². The number of amides is 2. The van der Waals surface area contributed by atoms with Crippen molar-refractivity contribution in [1.82, 2.24) is 24.6 Å². The van der Waals surface area contributed by atoms with Crippen LogP contribution in [0.4, 0.5) is 5.13 Å². The number of nitrogens with two attached hydrogens (primary N) is 1. The van der Waals surface area contributed by atoms with Crippen molar-refractivity contribution in [2.45, 2.75) is 18.0 Å². The van der Waals surface area contributed by atoms with Gasteiger partial charge in [-0.15, -0.1) is 11.8 Å². The number of oxime groups is 1. The molecule has 0 spiro atoms. The van der Waals surface area contributed by atoms with Gasteiger partial charge in [0.15, 0.2) is 5.13 Å². The van der Waals surface area contributed by atoms with Crippen LogP contribution in [0.2, 0.25) is 0 Å². The normalized spacial score (nSPS) is 18.9. The molecule has 202 valence electrons. The largest absolute Gasteiger partial charge is 0.477 e. The van der Waals surface area contributed by atoms with Gasteiger partial charge in [0.25, 0.3) is 11.8 Å². The first-order valence-electron chi connectivity index (χ1n) is 11.7. The Kier molecular flexibility index (Phi) is 6.39. The van der Waals surface area contributed by atoms with Crippen LogP contribution in [-0.4, -0.2) is 70.2 Å². The van der Waals surface area contributed by atoms with Gasteiger partial charge in [-0.05, 0) is 24.3 Å². The Labute approximate surface area is 233 Å². The van der Waals surface area contributed by atoms with Crippen LogP contribution in [-0.2, 0) is 20.9 Å². The molecule has 14 nitrogen and oxygen atoms in total. The number of nitrogens with zero attached hydrogens (tertiary/aromatic N) is 6. The van der Waals surface area contributed by atoms with E-state index in [1.165, 1.54) is 11.8 Å². The molecule has 0 bridgehead atoms. The summed E-state index contributed by atoms with van der Waals surface area (Å²) in [6.07, 6.45) is 1.76.